The van der Waals surface area contributed by atoms with Gasteiger partial charge in [-0.1, -0.05) is 12.1 Å². The second kappa shape index (κ2) is 6.08. The van der Waals surface area contributed by atoms with Crippen LogP contribution < -0.4 is 4.90 Å². The summed E-state index contributed by atoms with van der Waals surface area (Å²) < 4.78 is 5.63. The zero-order valence-electron chi connectivity index (χ0n) is 13.8. The van der Waals surface area contributed by atoms with E-state index in [0.717, 1.165) is 6.54 Å². The van der Waals surface area contributed by atoms with Gasteiger partial charge in [-0.2, -0.15) is 0 Å². The molecule has 1 fully saturated rings. The Hall–Kier alpha value is -1.88. The summed E-state index contributed by atoms with van der Waals surface area (Å²) in [5.41, 5.74) is 2.61. The molecular formula is C17H24N4O. The molecule has 5 nitrogen and oxygen atoms in total. The molecule has 0 amide bonds. The minimum atomic E-state index is 0.150. The monoisotopic (exact) mass is 300 g/mol. The van der Waals surface area contributed by atoms with Crippen LogP contribution in [0.1, 0.15) is 49.2 Å². The van der Waals surface area contributed by atoms with Crippen molar-refractivity contribution in [3.05, 3.63) is 41.6 Å². The maximum Gasteiger partial charge on any atom is 0.233 e. The second-order valence-electron chi connectivity index (χ2n) is 6.22. The molecule has 2 aromatic rings. The molecule has 0 bridgehead atoms. The van der Waals surface area contributed by atoms with Gasteiger partial charge in [0.25, 0.3) is 0 Å². The van der Waals surface area contributed by atoms with Gasteiger partial charge in [-0.3, -0.25) is 4.90 Å². The predicted octanol–water partition coefficient (Wildman–Crippen LogP) is 3.34. The van der Waals surface area contributed by atoms with E-state index in [1.54, 1.807) is 0 Å². The highest BCUT2D eigenvalue weighted by atomic mass is 16.4. The molecule has 0 aliphatic carbocycles. The van der Waals surface area contributed by atoms with Gasteiger partial charge in [0.15, 0.2) is 0 Å². The standard InChI is InChI=1S/C17H24N4O/c1-12(17-19-18-13(2)22-17)21-10-6-9-16(21)14-7-5-8-15(11-14)20(3)4/h5,7-8,11-12,16H,6,9-10H2,1-4H3/t12-,16-/m0/s1. The van der Waals surface area contributed by atoms with Crippen LogP contribution in [0.15, 0.2) is 28.7 Å². The first kappa shape index (κ1) is 15.0. The van der Waals surface area contributed by atoms with Gasteiger partial charge in [0.1, 0.15) is 0 Å². The van der Waals surface area contributed by atoms with E-state index >= 15 is 0 Å². The van der Waals surface area contributed by atoms with Crippen LogP contribution in [0.4, 0.5) is 5.69 Å². The number of hydrogen-bond donors (Lipinski definition) is 0. The Balaban J connectivity index is 1.85. The fraction of sp³-hybridized carbons (Fsp3) is 0.529. The molecular weight excluding hydrogens is 276 g/mol. The van der Waals surface area contributed by atoms with Gasteiger partial charge >= 0.3 is 0 Å². The minimum Gasteiger partial charge on any atom is -0.424 e. The molecule has 0 spiro atoms. The van der Waals surface area contributed by atoms with Crippen molar-refractivity contribution in [1.29, 1.82) is 0 Å². The number of benzene rings is 1. The van der Waals surface area contributed by atoms with Gasteiger partial charge in [0, 0.05) is 32.7 Å². The van der Waals surface area contributed by atoms with Crippen molar-refractivity contribution < 1.29 is 4.42 Å². The Labute approximate surface area is 131 Å². The molecule has 5 heteroatoms. The number of aromatic nitrogens is 2. The molecule has 0 saturated carbocycles. The fourth-order valence-electron chi connectivity index (χ4n) is 3.24. The second-order valence-corrected chi connectivity index (χ2v) is 6.22. The molecule has 2 atom stereocenters. The van der Waals surface area contributed by atoms with E-state index in [0.29, 0.717) is 17.8 Å². The first-order valence-corrected chi connectivity index (χ1v) is 7.89. The van der Waals surface area contributed by atoms with Crippen LogP contribution in [0.5, 0.6) is 0 Å². The molecule has 118 valence electrons. The van der Waals surface area contributed by atoms with Gasteiger partial charge in [0.05, 0.1) is 6.04 Å². The average molecular weight is 300 g/mol. The molecule has 1 aliphatic heterocycles. The normalized spacial score (nSPS) is 20.3. The number of rotatable bonds is 4. The molecule has 0 unspecified atom stereocenters. The molecule has 0 N–H and O–H groups in total. The Morgan fingerprint density at radius 3 is 2.82 bits per heavy atom. The first-order chi connectivity index (χ1) is 10.6. The lowest BCUT2D eigenvalue weighted by atomic mass is 10.0. The first-order valence-electron chi connectivity index (χ1n) is 7.89. The van der Waals surface area contributed by atoms with E-state index in [1.807, 2.05) is 6.92 Å². The quantitative estimate of drug-likeness (QED) is 0.866. The van der Waals surface area contributed by atoms with E-state index in [1.165, 1.54) is 24.1 Å². The van der Waals surface area contributed by atoms with Crippen molar-refractivity contribution in [2.75, 3.05) is 25.5 Å². The molecule has 1 aromatic heterocycles. The zero-order chi connectivity index (χ0) is 15.7. The number of aryl methyl sites for hydroxylation is 1. The van der Waals surface area contributed by atoms with Crippen molar-refractivity contribution in [3.63, 3.8) is 0 Å². The van der Waals surface area contributed by atoms with Gasteiger partial charge in [-0.05, 0) is 44.0 Å². The van der Waals surface area contributed by atoms with Crippen molar-refractivity contribution in [1.82, 2.24) is 15.1 Å². The molecule has 1 aliphatic rings. The smallest absolute Gasteiger partial charge is 0.233 e. The van der Waals surface area contributed by atoms with Crippen LogP contribution in [0, 0.1) is 6.92 Å². The summed E-state index contributed by atoms with van der Waals surface area (Å²) in [7, 11) is 4.16. The predicted molar refractivity (Wildman–Crippen MR) is 86.9 cm³/mol. The number of nitrogens with zero attached hydrogens (tertiary/aromatic N) is 4. The highest BCUT2D eigenvalue weighted by Gasteiger charge is 2.32. The summed E-state index contributed by atoms with van der Waals surface area (Å²) in [5.74, 6) is 1.35. The van der Waals surface area contributed by atoms with Crippen LogP contribution >= 0.6 is 0 Å². The topological polar surface area (TPSA) is 45.4 Å². The number of likely N-dealkylation sites (tertiary alicyclic amines) is 1. The van der Waals surface area contributed by atoms with E-state index < -0.39 is 0 Å². The van der Waals surface area contributed by atoms with Crippen molar-refractivity contribution in [3.8, 4) is 0 Å². The fourth-order valence-corrected chi connectivity index (χ4v) is 3.24. The third kappa shape index (κ3) is 2.86. The van der Waals surface area contributed by atoms with E-state index in [-0.39, 0.29) is 6.04 Å². The van der Waals surface area contributed by atoms with Gasteiger partial charge in [-0.25, -0.2) is 0 Å². The molecule has 3 rings (SSSR count). The Kier molecular flexibility index (Phi) is 4.16. The van der Waals surface area contributed by atoms with Crippen LogP contribution in [-0.4, -0.2) is 35.7 Å². The lowest BCUT2D eigenvalue weighted by Crippen LogP contribution is -2.27. The highest BCUT2D eigenvalue weighted by molar-refractivity contribution is 5.48. The zero-order valence-corrected chi connectivity index (χ0v) is 13.8. The summed E-state index contributed by atoms with van der Waals surface area (Å²) >= 11 is 0. The molecule has 22 heavy (non-hydrogen) atoms. The van der Waals surface area contributed by atoms with Crippen LogP contribution in [0.25, 0.3) is 0 Å². The van der Waals surface area contributed by atoms with Crippen LogP contribution in [0.2, 0.25) is 0 Å². The van der Waals surface area contributed by atoms with Crippen molar-refractivity contribution >= 4 is 5.69 Å². The van der Waals surface area contributed by atoms with E-state index in [2.05, 4.69) is 65.3 Å². The molecule has 1 aromatic carbocycles. The van der Waals surface area contributed by atoms with Crippen LogP contribution in [-0.2, 0) is 0 Å². The molecule has 2 heterocycles. The maximum absolute atomic E-state index is 5.63. The third-order valence-electron chi connectivity index (χ3n) is 4.46. The van der Waals surface area contributed by atoms with Crippen LogP contribution in [0.3, 0.4) is 0 Å². The third-order valence-corrected chi connectivity index (χ3v) is 4.46. The largest absolute Gasteiger partial charge is 0.424 e. The summed E-state index contributed by atoms with van der Waals surface area (Å²) in [6.45, 7) is 5.06. The van der Waals surface area contributed by atoms with Gasteiger partial charge in [0.2, 0.25) is 11.8 Å². The molecule has 0 radical (unpaired) electrons. The number of anilines is 1. The van der Waals surface area contributed by atoms with Gasteiger partial charge < -0.3 is 9.32 Å². The summed E-state index contributed by atoms with van der Waals surface area (Å²) in [6, 6.07) is 9.37. The Morgan fingerprint density at radius 2 is 2.14 bits per heavy atom. The molecule has 1 saturated heterocycles. The van der Waals surface area contributed by atoms with Gasteiger partial charge in [-0.15, -0.1) is 10.2 Å². The SMILES string of the molecule is Cc1nnc([C@H](C)N2CCC[C@H]2c2cccc(N(C)C)c2)o1. The summed E-state index contributed by atoms with van der Waals surface area (Å²) in [5, 5.41) is 8.16. The van der Waals surface area contributed by atoms with E-state index in [4.69, 9.17) is 4.42 Å². The van der Waals surface area contributed by atoms with Crippen molar-refractivity contribution in [2.24, 2.45) is 0 Å². The summed E-state index contributed by atoms with van der Waals surface area (Å²) in [6.07, 6.45) is 2.38. The van der Waals surface area contributed by atoms with Crippen molar-refractivity contribution in [2.45, 2.75) is 38.8 Å². The number of hydrogen-bond acceptors (Lipinski definition) is 5. The average Bonchev–Trinajstić information content (AvgIpc) is 3.15. The lowest BCUT2D eigenvalue weighted by molar-refractivity contribution is 0.167. The lowest BCUT2D eigenvalue weighted by Gasteiger charge is -2.29. The highest BCUT2D eigenvalue weighted by Crippen LogP contribution is 2.38. The maximum atomic E-state index is 5.63. The Bertz CT molecular complexity index is 637. The van der Waals surface area contributed by atoms with E-state index in [9.17, 15) is 0 Å². The summed E-state index contributed by atoms with van der Waals surface area (Å²) in [4.78, 5) is 4.62. The minimum absolute atomic E-state index is 0.150. The Morgan fingerprint density at radius 1 is 1.32 bits per heavy atom.